The number of nitrogens with two attached hydrogens (primary N) is 1. The van der Waals surface area contributed by atoms with Crippen LogP contribution in [0.25, 0.3) is 44.6 Å². The van der Waals surface area contributed by atoms with E-state index in [-0.39, 0.29) is 23.2 Å². The molecule has 32 heavy (non-hydrogen) atoms. The van der Waals surface area contributed by atoms with Gasteiger partial charge in [0.25, 0.3) is 5.91 Å². The molecule has 5 aromatic rings. The van der Waals surface area contributed by atoms with Crippen LogP contribution in [0.5, 0.6) is 0 Å². The van der Waals surface area contributed by atoms with E-state index in [1.807, 2.05) is 6.07 Å². The van der Waals surface area contributed by atoms with Crippen LogP contribution in [0.15, 0.2) is 50.3 Å². The second-order valence-corrected chi connectivity index (χ2v) is 7.95. The topological polar surface area (TPSA) is 171 Å². The van der Waals surface area contributed by atoms with E-state index in [1.165, 1.54) is 28.9 Å². The van der Waals surface area contributed by atoms with Gasteiger partial charge in [-0.2, -0.15) is 0 Å². The molecule has 13 heteroatoms. The molecule has 5 rings (SSSR count). The molecule has 11 nitrogen and oxygen atoms in total. The third-order valence-electron chi connectivity index (χ3n) is 4.11. The molecule has 3 N–H and O–H groups in total. The Morgan fingerprint density at radius 1 is 0.781 bits per heavy atom. The van der Waals surface area contributed by atoms with Gasteiger partial charge in [-0.25, -0.2) is 29.7 Å². The van der Waals surface area contributed by atoms with E-state index >= 15 is 0 Å². The van der Waals surface area contributed by atoms with Crippen LogP contribution in [0, 0.1) is 0 Å². The number of pyridine rings is 1. The highest BCUT2D eigenvalue weighted by Crippen LogP contribution is 2.31. The predicted octanol–water partition coefficient (Wildman–Crippen LogP) is 3.44. The fraction of sp³-hybridized carbons (Fsp3) is 0. The van der Waals surface area contributed by atoms with Crippen molar-refractivity contribution < 1.29 is 23.5 Å². The van der Waals surface area contributed by atoms with Crippen molar-refractivity contribution in [2.24, 2.45) is 5.73 Å². The van der Waals surface area contributed by atoms with Crippen molar-refractivity contribution in [3.05, 3.63) is 52.9 Å². The molecule has 0 aromatic carbocycles. The Morgan fingerprint density at radius 3 is 1.78 bits per heavy atom. The van der Waals surface area contributed by atoms with Crippen LogP contribution in [0.4, 0.5) is 0 Å². The summed E-state index contributed by atoms with van der Waals surface area (Å²) in [5.74, 6) is -1.56. The molecule has 0 atom stereocenters. The summed E-state index contributed by atoms with van der Waals surface area (Å²) in [6.07, 6.45) is 2.25. The number of oxazole rings is 2. The second-order valence-electron chi connectivity index (χ2n) is 6.23. The zero-order valence-corrected chi connectivity index (χ0v) is 17.4. The number of thiazole rings is 2. The Morgan fingerprint density at radius 2 is 1.31 bits per heavy atom. The van der Waals surface area contributed by atoms with Crippen molar-refractivity contribution in [1.29, 1.82) is 0 Å². The number of nitrogens with zero attached hydrogens (tertiary/aromatic N) is 5. The minimum Gasteiger partial charge on any atom is -0.476 e. The minimum atomic E-state index is -1.18. The lowest BCUT2D eigenvalue weighted by atomic mass is 10.3. The summed E-state index contributed by atoms with van der Waals surface area (Å²) in [4.78, 5) is 43.7. The summed E-state index contributed by atoms with van der Waals surface area (Å²) in [6.45, 7) is 0. The van der Waals surface area contributed by atoms with Crippen LogP contribution >= 0.6 is 22.7 Å². The minimum absolute atomic E-state index is 0.0239. The number of carbonyl (C=O) groups is 2. The van der Waals surface area contributed by atoms with E-state index in [2.05, 4.69) is 24.9 Å². The first kappa shape index (κ1) is 19.7. The highest BCUT2D eigenvalue weighted by atomic mass is 32.1. The molecule has 0 fully saturated rings. The van der Waals surface area contributed by atoms with Gasteiger partial charge in [0.2, 0.25) is 11.8 Å². The maximum atomic E-state index is 11.2. The molecule has 158 valence electrons. The van der Waals surface area contributed by atoms with E-state index in [0.717, 1.165) is 6.26 Å². The number of hydrogen-bond acceptors (Lipinski definition) is 11. The smallest absolute Gasteiger partial charge is 0.357 e. The van der Waals surface area contributed by atoms with Gasteiger partial charge in [-0.15, -0.1) is 22.7 Å². The third kappa shape index (κ3) is 3.66. The summed E-state index contributed by atoms with van der Waals surface area (Å²) in [7, 11) is 0. The molecule has 0 saturated carbocycles. The molecule has 5 aromatic heterocycles. The number of primary amides is 1. The zero-order chi connectivity index (χ0) is 22.2. The van der Waals surface area contributed by atoms with Gasteiger partial charge in [0.15, 0.2) is 11.4 Å². The maximum Gasteiger partial charge on any atom is 0.357 e. The van der Waals surface area contributed by atoms with Crippen molar-refractivity contribution in [2.75, 3.05) is 0 Å². The molecule has 1 amide bonds. The molecule has 5 heterocycles. The summed E-state index contributed by atoms with van der Waals surface area (Å²) >= 11 is 2.66. The number of carboxylic acids is 1. The summed E-state index contributed by atoms with van der Waals surface area (Å²) in [6, 6.07) is 5.42. The van der Waals surface area contributed by atoms with Gasteiger partial charge in [-0.1, -0.05) is 6.07 Å². The van der Waals surface area contributed by atoms with Gasteiger partial charge >= 0.3 is 5.97 Å². The van der Waals surface area contributed by atoms with Gasteiger partial charge in [0.05, 0.1) is 11.4 Å². The van der Waals surface area contributed by atoms with Gasteiger partial charge in [-0.3, -0.25) is 4.79 Å². The molecule has 0 aliphatic carbocycles. The third-order valence-corrected chi connectivity index (χ3v) is 5.84. The van der Waals surface area contributed by atoms with Gasteiger partial charge in [0, 0.05) is 10.8 Å². The second kappa shape index (κ2) is 7.79. The van der Waals surface area contributed by atoms with Crippen LogP contribution in [0.2, 0.25) is 0 Å². The van der Waals surface area contributed by atoms with E-state index in [4.69, 9.17) is 19.7 Å². The average molecular weight is 466 g/mol. The van der Waals surface area contributed by atoms with Crippen molar-refractivity contribution in [3.63, 3.8) is 0 Å². The summed E-state index contributed by atoms with van der Waals surface area (Å²) < 4.78 is 10.5. The number of rotatable bonds is 6. The van der Waals surface area contributed by atoms with Crippen molar-refractivity contribution in [3.8, 4) is 44.6 Å². The van der Waals surface area contributed by atoms with Crippen molar-refractivity contribution in [2.45, 2.75) is 0 Å². The van der Waals surface area contributed by atoms with Crippen molar-refractivity contribution >= 4 is 34.6 Å². The number of hydrogen-bond donors (Lipinski definition) is 2. The first-order valence-electron chi connectivity index (χ1n) is 8.81. The molecule has 0 aliphatic heterocycles. The molecule has 0 unspecified atom stereocenters. The summed E-state index contributed by atoms with van der Waals surface area (Å²) in [5.41, 5.74) is 7.12. The van der Waals surface area contributed by atoms with Crippen molar-refractivity contribution in [1.82, 2.24) is 24.9 Å². The Balaban J connectivity index is 1.42. The molecule has 0 saturated heterocycles. The SMILES string of the molecule is NC(=O)c1coc(-c2csc(-c3cccc(-c4nc(-c5nc(C(=O)O)co5)cs4)n3)n2)n1. The molecule has 0 aliphatic rings. The van der Waals surface area contributed by atoms with Gasteiger partial charge < -0.3 is 19.7 Å². The lowest BCUT2D eigenvalue weighted by molar-refractivity contribution is 0.0690. The van der Waals surface area contributed by atoms with Gasteiger partial charge in [-0.05, 0) is 12.1 Å². The number of carboxylic acid groups (broad SMARTS) is 1. The number of aromatic nitrogens is 5. The number of amides is 1. The normalized spacial score (nSPS) is 11.0. The van der Waals surface area contributed by atoms with E-state index in [9.17, 15) is 9.59 Å². The Labute approximate surface area is 186 Å². The van der Waals surface area contributed by atoms with E-state index in [0.29, 0.717) is 32.8 Å². The van der Waals surface area contributed by atoms with Crippen LogP contribution in [-0.4, -0.2) is 41.9 Å². The molecule has 0 spiro atoms. The molecular formula is C19H10N6O5S2. The fourth-order valence-corrected chi connectivity index (χ4v) is 4.17. The molecular weight excluding hydrogens is 456 g/mol. The Kier molecular flexibility index (Phi) is 4.80. The van der Waals surface area contributed by atoms with E-state index < -0.39 is 11.9 Å². The molecule has 0 radical (unpaired) electrons. The van der Waals surface area contributed by atoms with Crippen LogP contribution in [0.3, 0.4) is 0 Å². The first-order chi connectivity index (χ1) is 15.5. The quantitative estimate of drug-likeness (QED) is 0.377. The number of aromatic carboxylic acids is 1. The Hall–Kier alpha value is -4.23. The van der Waals surface area contributed by atoms with Crippen LogP contribution < -0.4 is 5.73 Å². The highest BCUT2D eigenvalue weighted by Gasteiger charge is 2.17. The number of carbonyl (C=O) groups excluding carboxylic acids is 1. The zero-order valence-electron chi connectivity index (χ0n) is 15.8. The maximum absolute atomic E-state index is 11.2. The van der Waals surface area contributed by atoms with E-state index in [1.54, 1.807) is 22.9 Å². The monoisotopic (exact) mass is 466 g/mol. The lowest BCUT2D eigenvalue weighted by Gasteiger charge is -1.99. The van der Waals surface area contributed by atoms with Crippen LogP contribution in [-0.2, 0) is 0 Å². The average Bonchev–Trinajstić information content (AvgIpc) is 3.59. The molecule has 0 bridgehead atoms. The lowest BCUT2D eigenvalue weighted by Crippen LogP contribution is -2.10. The highest BCUT2D eigenvalue weighted by molar-refractivity contribution is 7.13. The van der Waals surface area contributed by atoms with Crippen LogP contribution in [0.1, 0.15) is 21.0 Å². The Bertz CT molecular complexity index is 1360. The predicted molar refractivity (Wildman–Crippen MR) is 113 cm³/mol. The largest absolute Gasteiger partial charge is 0.476 e. The first-order valence-corrected chi connectivity index (χ1v) is 10.6. The fourth-order valence-electron chi connectivity index (χ4n) is 2.65. The summed E-state index contributed by atoms with van der Waals surface area (Å²) in [5, 5.41) is 13.7. The van der Waals surface area contributed by atoms with Gasteiger partial charge in [0.1, 0.15) is 33.9 Å². The standard InChI is InChI=1S/C19H10N6O5S2/c20-14(26)10-4-29-15(22-10)12-6-31-17(24-12)8-2-1-3-9(21-8)18-25-13(7-32-18)16-23-11(5-30-16)19(27)28/h1-7H,(H2,20,26)(H,27,28).